The molecule has 0 saturated heterocycles. The normalized spacial score (nSPS) is 9.00. The third kappa shape index (κ3) is 3.29. The van der Waals surface area contributed by atoms with Gasteiger partial charge >= 0.3 is 0 Å². The number of primary amides is 1. The van der Waals surface area contributed by atoms with Crippen molar-refractivity contribution in [1.29, 1.82) is 0 Å². The highest BCUT2D eigenvalue weighted by molar-refractivity contribution is 6.35. The Morgan fingerprint density at radius 2 is 2.14 bits per heavy atom. The number of hydrogen-bond acceptors (Lipinski definition) is 1. The van der Waals surface area contributed by atoms with Gasteiger partial charge in [0, 0.05) is 10.6 Å². The van der Waals surface area contributed by atoms with Crippen LogP contribution < -0.4 is 5.73 Å². The van der Waals surface area contributed by atoms with Gasteiger partial charge in [0.25, 0.3) is 0 Å². The molecule has 2 nitrogen and oxygen atoms in total. The molecule has 0 atom stereocenters. The van der Waals surface area contributed by atoms with Crippen molar-refractivity contribution in [2.24, 2.45) is 5.73 Å². The molecular formula is C10H7Cl2NO. The number of carbonyl (C=O) groups is 1. The Hall–Kier alpha value is -1.17. The molecule has 0 saturated carbocycles. The SMILES string of the molecule is NC(=O)CC#Cc1ccc(Cl)cc1Cl. The number of nitrogens with two attached hydrogens (primary N) is 1. The lowest BCUT2D eigenvalue weighted by atomic mass is 10.2. The zero-order valence-corrected chi connectivity index (χ0v) is 8.69. The topological polar surface area (TPSA) is 43.1 Å². The summed E-state index contributed by atoms with van der Waals surface area (Å²) in [6, 6.07) is 4.97. The number of amides is 1. The maximum absolute atomic E-state index is 10.4. The van der Waals surface area contributed by atoms with Crippen LogP contribution in [-0.4, -0.2) is 5.91 Å². The first kappa shape index (κ1) is 10.9. The minimum Gasteiger partial charge on any atom is -0.369 e. The van der Waals surface area contributed by atoms with Crippen LogP contribution in [0.1, 0.15) is 12.0 Å². The first-order valence-corrected chi connectivity index (χ1v) is 4.57. The summed E-state index contributed by atoms with van der Waals surface area (Å²) in [5, 5.41) is 1.02. The smallest absolute Gasteiger partial charge is 0.229 e. The van der Waals surface area contributed by atoms with Crippen molar-refractivity contribution < 1.29 is 4.79 Å². The predicted octanol–water partition coefficient (Wildman–Crippen LogP) is 2.22. The lowest BCUT2D eigenvalue weighted by Gasteiger charge is -1.95. The quantitative estimate of drug-likeness (QED) is 0.735. The Morgan fingerprint density at radius 1 is 1.43 bits per heavy atom. The Balaban J connectivity index is 2.85. The second-order valence-electron chi connectivity index (χ2n) is 2.57. The summed E-state index contributed by atoms with van der Waals surface area (Å²) in [5.74, 6) is 4.88. The Bertz CT molecular complexity index is 418. The molecule has 1 aromatic rings. The van der Waals surface area contributed by atoms with Crippen LogP contribution in [0.15, 0.2) is 18.2 Å². The van der Waals surface area contributed by atoms with Gasteiger partial charge in [-0.3, -0.25) is 4.79 Å². The molecule has 1 rings (SSSR count). The van der Waals surface area contributed by atoms with Gasteiger partial charge in [-0.2, -0.15) is 0 Å². The summed E-state index contributed by atoms with van der Waals surface area (Å²) < 4.78 is 0. The summed E-state index contributed by atoms with van der Waals surface area (Å²) in [4.78, 5) is 10.4. The van der Waals surface area contributed by atoms with Crippen molar-refractivity contribution in [2.45, 2.75) is 6.42 Å². The van der Waals surface area contributed by atoms with E-state index in [-0.39, 0.29) is 6.42 Å². The fraction of sp³-hybridized carbons (Fsp3) is 0.100. The highest BCUT2D eigenvalue weighted by Gasteiger charge is 1.97. The van der Waals surface area contributed by atoms with E-state index in [2.05, 4.69) is 11.8 Å². The fourth-order valence-corrected chi connectivity index (χ4v) is 1.27. The molecule has 0 heterocycles. The molecule has 0 aromatic heterocycles. The van der Waals surface area contributed by atoms with Crippen LogP contribution in [0.5, 0.6) is 0 Å². The van der Waals surface area contributed by atoms with Gasteiger partial charge < -0.3 is 5.73 Å². The van der Waals surface area contributed by atoms with E-state index in [0.717, 1.165) is 0 Å². The van der Waals surface area contributed by atoms with E-state index in [4.69, 9.17) is 28.9 Å². The molecule has 72 valence electrons. The molecule has 0 aliphatic heterocycles. The highest BCUT2D eigenvalue weighted by atomic mass is 35.5. The molecule has 0 radical (unpaired) electrons. The van der Waals surface area contributed by atoms with Gasteiger partial charge in [0.05, 0.1) is 11.4 Å². The van der Waals surface area contributed by atoms with Gasteiger partial charge in [-0.1, -0.05) is 35.0 Å². The minimum absolute atomic E-state index is 0.0267. The molecule has 0 aliphatic carbocycles. The number of rotatable bonds is 1. The van der Waals surface area contributed by atoms with E-state index in [1.54, 1.807) is 18.2 Å². The van der Waals surface area contributed by atoms with E-state index in [0.29, 0.717) is 15.6 Å². The van der Waals surface area contributed by atoms with Crippen molar-refractivity contribution in [1.82, 2.24) is 0 Å². The molecule has 0 fully saturated rings. The number of carbonyl (C=O) groups excluding carboxylic acids is 1. The van der Waals surface area contributed by atoms with Crippen LogP contribution in [0.25, 0.3) is 0 Å². The van der Waals surface area contributed by atoms with Crippen molar-refractivity contribution in [3.63, 3.8) is 0 Å². The van der Waals surface area contributed by atoms with Crippen LogP contribution in [0.2, 0.25) is 10.0 Å². The summed E-state index contributed by atoms with van der Waals surface area (Å²) in [6.07, 6.45) is 0.0267. The lowest BCUT2D eigenvalue weighted by molar-refractivity contribution is -0.117. The van der Waals surface area contributed by atoms with Gasteiger partial charge in [-0.25, -0.2) is 0 Å². The minimum atomic E-state index is -0.456. The summed E-state index contributed by atoms with van der Waals surface area (Å²) in [5.41, 5.74) is 5.56. The van der Waals surface area contributed by atoms with E-state index in [1.165, 1.54) is 0 Å². The molecule has 0 bridgehead atoms. The zero-order valence-electron chi connectivity index (χ0n) is 7.18. The van der Waals surface area contributed by atoms with E-state index in [9.17, 15) is 4.79 Å². The first-order chi connectivity index (χ1) is 6.59. The largest absolute Gasteiger partial charge is 0.369 e. The molecule has 0 spiro atoms. The molecule has 0 aliphatic rings. The number of hydrogen-bond donors (Lipinski definition) is 1. The molecule has 1 aromatic carbocycles. The third-order valence-electron chi connectivity index (χ3n) is 1.42. The van der Waals surface area contributed by atoms with Crippen LogP contribution in [0, 0.1) is 11.8 Å². The second kappa shape index (κ2) is 4.90. The maximum atomic E-state index is 10.4. The standard InChI is InChI=1S/C10H7Cl2NO/c11-8-5-4-7(9(12)6-8)2-1-3-10(13)14/h4-6H,3H2,(H2,13,14). The summed E-state index contributed by atoms with van der Waals surface area (Å²) >= 11 is 11.5. The van der Waals surface area contributed by atoms with Crippen LogP contribution in [0.4, 0.5) is 0 Å². The van der Waals surface area contributed by atoms with Gasteiger partial charge in [-0.05, 0) is 18.2 Å². The molecule has 0 unspecified atom stereocenters. The van der Waals surface area contributed by atoms with Gasteiger partial charge in [0.1, 0.15) is 0 Å². The summed E-state index contributed by atoms with van der Waals surface area (Å²) in [6.45, 7) is 0. The molecule has 14 heavy (non-hydrogen) atoms. The number of benzene rings is 1. The monoisotopic (exact) mass is 227 g/mol. The first-order valence-electron chi connectivity index (χ1n) is 3.82. The Morgan fingerprint density at radius 3 is 2.71 bits per heavy atom. The number of halogens is 2. The van der Waals surface area contributed by atoms with E-state index >= 15 is 0 Å². The summed E-state index contributed by atoms with van der Waals surface area (Å²) in [7, 11) is 0. The maximum Gasteiger partial charge on any atom is 0.229 e. The van der Waals surface area contributed by atoms with Crippen LogP contribution in [0.3, 0.4) is 0 Å². The van der Waals surface area contributed by atoms with Gasteiger partial charge in [0.15, 0.2) is 0 Å². The Labute approximate surface area is 92.0 Å². The zero-order chi connectivity index (χ0) is 10.6. The Kier molecular flexibility index (Phi) is 3.82. The molecule has 1 amide bonds. The van der Waals surface area contributed by atoms with Crippen LogP contribution >= 0.6 is 23.2 Å². The van der Waals surface area contributed by atoms with Crippen molar-refractivity contribution >= 4 is 29.1 Å². The van der Waals surface area contributed by atoms with Gasteiger partial charge in [-0.15, -0.1) is 0 Å². The molecular weight excluding hydrogens is 221 g/mol. The van der Waals surface area contributed by atoms with E-state index in [1.807, 2.05) is 0 Å². The van der Waals surface area contributed by atoms with Crippen LogP contribution in [-0.2, 0) is 4.79 Å². The third-order valence-corrected chi connectivity index (χ3v) is 1.96. The molecule has 4 heteroatoms. The van der Waals surface area contributed by atoms with Crippen molar-refractivity contribution in [3.8, 4) is 11.8 Å². The average molecular weight is 228 g/mol. The predicted molar refractivity (Wildman–Crippen MR) is 57.2 cm³/mol. The average Bonchev–Trinajstić information content (AvgIpc) is 2.08. The van der Waals surface area contributed by atoms with Crippen molar-refractivity contribution in [2.75, 3.05) is 0 Å². The fourth-order valence-electron chi connectivity index (χ4n) is 0.817. The van der Waals surface area contributed by atoms with E-state index < -0.39 is 5.91 Å². The lowest BCUT2D eigenvalue weighted by Crippen LogP contribution is -2.08. The second-order valence-corrected chi connectivity index (χ2v) is 3.41. The highest BCUT2D eigenvalue weighted by Crippen LogP contribution is 2.19. The van der Waals surface area contributed by atoms with Crippen molar-refractivity contribution in [3.05, 3.63) is 33.8 Å². The molecule has 2 N–H and O–H groups in total. The van der Waals surface area contributed by atoms with Gasteiger partial charge in [0.2, 0.25) is 5.91 Å².